The molecular weight excluding hydrogens is 342 g/mol. The van der Waals surface area contributed by atoms with E-state index in [0.717, 1.165) is 25.4 Å². The molecule has 108 valence electrons. The maximum Gasteiger partial charge on any atom is 0.348 e. The summed E-state index contributed by atoms with van der Waals surface area (Å²) in [4.78, 5) is 18.2. The normalized spacial score (nSPS) is 10.8. The van der Waals surface area contributed by atoms with E-state index < -0.39 is 0 Å². The molecule has 21 heavy (non-hydrogen) atoms. The number of esters is 1. The number of carbonyl (C=O) groups excluding carboxylic acids is 1. The number of thiazole rings is 1. The van der Waals surface area contributed by atoms with Gasteiger partial charge in [0, 0.05) is 10.9 Å². The average molecular weight is 354 g/mol. The summed E-state index contributed by atoms with van der Waals surface area (Å²) in [7, 11) is 1.40. The summed E-state index contributed by atoms with van der Waals surface area (Å²) in [5.41, 5.74) is 2.00. The Morgan fingerprint density at radius 3 is 2.90 bits per heavy atom. The first-order valence-electron chi connectivity index (χ1n) is 5.99. The van der Waals surface area contributed by atoms with Crippen molar-refractivity contribution in [3.63, 3.8) is 0 Å². The highest BCUT2D eigenvalue weighted by Gasteiger charge is 2.18. The molecule has 0 unspecified atom stereocenters. The van der Waals surface area contributed by atoms with Crippen LogP contribution in [-0.2, 0) is 4.74 Å². The van der Waals surface area contributed by atoms with Gasteiger partial charge in [0.2, 0.25) is 0 Å². The average Bonchev–Trinajstić information content (AvgIpc) is 3.22. The van der Waals surface area contributed by atoms with Gasteiger partial charge < -0.3 is 4.74 Å². The van der Waals surface area contributed by atoms with Crippen molar-refractivity contribution in [3.05, 3.63) is 33.8 Å². The molecule has 0 spiro atoms. The van der Waals surface area contributed by atoms with Crippen LogP contribution in [0.4, 0.5) is 0 Å². The number of rotatable bonds is 4. The molecule has 3 aromatic heterocycles. The van der Waals surface area contributed by atoms with Crippen LogP contribution < -0.4 is 0 Å². The third-order valence-electron chi connectivity index (χ3n) is 2.78. The molecule has 0 radical (unpaired) electrons. The van der Waals surface area contributed by atoms with Crippen LogP contribution >= 0.6 is 45.8 Å². The number of thioether (sulfide) groups is 1. The van der Waals surface area contributed by atoms with E-state index >= 15 is 0 Å². The summed E-state index contributed by atoms with van der Waals surface area (Å²) in [6, 6.07) is 5.96. The highest BCUT2D eigenvalue weighted by atomic mass is 32.2. The van der Waals surface area contributed by atoms with E-state index in [2.05, 4.69) is 11.4 Å². The first kappa shape index (κ1) is 14.8. The van der Waals surface area contributed by atoms with Gasteiger partial charge in [-0.15, -0.1) is 45.8 Å². The molecule has 0 bridgehead atoms. The molecule has 0 aliphatic heterocycles. The lowest BCUT2D eigenvalue weighted by Gasteiger charge is -1.95. The fraction of sp³-hybridized carbons (Fsp3) is 0.143. The van der Waals surface area contributed by atoms with Gasteiger partial charge >= 0.3 is 5.97 Å². The fourth-order valence-corrected chi connectivity index (χ4v) is 5.33. The number of ether oxygens (including phenoxy) is 1. The number of nitrogens with zero attached hydrogens (tertiary/aromatic N) is 1. The molecule has 3 rings (SSSR count). The van der Waals surface area contributed by atoms with Crippen LogP contribution in [0.3, 0.4) is 0 Å². The second kappa shape index (κ2) is 6.31. The molecule has 0 saturated carbocycles. The van der Waals surface area contributed by atoms with Crippen LogP contribution in [0.2, 0.25) is 0 Å². The summed E-state index contributed by atoms with van der Waals surface area (Å²) < 4.78 is 5.88. The van der Waals surface area contributed by atoms with Gasteiger partial charge in [-0.2, -0.15) is 0 Å². The van der Waals surface area contributed by atoms with Crippen LogP contribution in [0.1, 0.15) is 9.67 Å². The number of methoxy groups -OCH3 is 1. The summed E-state index contributed by atoms with van der Waals surface area (Å²) in [6.45, 7) is 0. The van der Waals surface area contributed by atoms with Gasteiger partial charge in [-0.05, 0) is 23.8 Å². The number of hydrogen-bond acceptors (Lipinski definition) is 7. The third kappa shape index (κ3) is 2.91. The zero-order chi connectivity index (χ0) is 14.8. The summed E-state index contributed by atoms with van der Waals surface area (Å²) in [5, 5.41) is 5.04. The SMILES string of the molecule is COC(=O)c1cc(-c2nc(-c3cccs3)cs2)c(SC)s1. The Kier molecular flexibility index (Phi) is 4.44. The highest BCUT2D eigenvalue weighted by Crippen LogP contribution is 2.40. The molecule has 0 aliphatic carbocycles. The van der Waals surface area contributed by atoms with E-state index in [1.165, 1.54) is 18.4 Å². The van der Waals surface area contributed by atoms with Crippen molar-refractivity contribution in [3.8, 4) is 21.1 Å². The molecule has 3 nitrogen and oxygen atoms in total. The van der Waals surface area contributed by atoms with Gasteiger partial charge in [0.05, 0.1) is 21.9 Å². The standard InChI is InChI=1S/C14H11NO2S4/c1-17-13(16)11-6-8(14(18-2)21-11)12-15-9(7-20-12)10-4-3-5-19-10/h3-7H,1-2H3. The lowest BCUT2D eigenvalue weighted by atomic mass is 10.3. The fourth-order valence-electron chi connectivity index (χ4n) is 1.81. The molecule has 0 amide bonds. The van der Waals surface area contributed by atoms with E-state index in [1.807, 2.05) is 23.8 Å². The topological polar surface area (TPSA) is 39.2 Å². The number of hydrogen-bond donors (Lipinski definition) is 0. The van der Waals surface area contributed by atoms with Gasteiger partial charge in [0.25, 0.3) is 0 Å². The Balaban J connectivity index is 2.00. The van der Waals surface area contributed by atoms with Crippen molar-refractivity contribution < 1.29 is 9.53 Å². The van der Waals surface area contributed by atoms with E-state index in [4.69, 9.17) is 9.72 Å². The summed E-state index contributed by atoms with van der Waals surface area (Å²) in [5.74, 6) is -0.295. The maximum absolute atomic E-state index is 11.7. The zero-order valence-electron chi connectivity index (χ0n) is 11.3. The molecule has 0 saturated heterocycles. The predicted molar refractivity (Wildman–Crippen MR) is 91.9 cm³/mol. The molecule has 3 heterocycles. The minimum atomic E-state index is -0.295. The van der Waals surface area contributed by atoms with Gasteiger partial charge in [-0.25, -0.2) is 9.78 Å². The van der Waals surface area contributed by atoms with Crippen LogP contribution in [-0.4, -0.2) is 24.3 Å². The summed E-state index contributed by atoms with van der Waals surface area (Å²) >= 11 is 6.35. The highest BCUT2D eigenvalue weighted by molar-refractivity contribution is 8.00. The Morgan fingerprint density at radius 2 is 2.24 bits per heavy atom. The monoisotopic (exact) mass is 353 g/mol. The number of carbonyl (C=O) groups is 1. The largest absolute Gasteiger partial charge is 0.465 e. The van der Waals surface area contributed by atoms with Gasteiger partial charge in [0.15, 0.2) is 0 Å². The lowest BCUT2D eigenvalue weighted by molar-refractivity contribution is 0.0606. The van der Waals surface area contributed by atoms with Crippen molar-refractivity contribution in [2.75, 3.05) is 13.4 Å². The Hall–Kier alpha value is -1.15. The minimum absolute atomic E-state index is 0.295. The molecule has 3 aromatic rings. The Labute approximate surface area is 138 Å². The van der Waals surface area contributed by atoms with Gasteiger partial charge in [-0.1, -0.05) is 6.07 Å². The van der Waals surface area contributed by atoms with Crippen molar-refractivity contribution in [2.45, 2.75) is 4.21 Å². The molecule has 0 aliphatic rings. The number of aromatic nitrogens is 1. The van der Waals surface area contributed by atoms with Crippen molar-refractivity contribution in [1.29, 1.82) is 0 Å². The maximum atomic E-state index is 11.7. The molecule has 0 atom stereocenters. The number of thiophene rings is 2. The second-order valence-corrected chi connectivity index (χ2v) is 7.96. The second-order valence-electron chi connectivity index (χ2n) is 4.02. The third-order valence-corrected chi connectivity index (χ3v) is 6.80. The molecule has 7 heteroatoms. The Morgan fingerprint density at radius 1 is 1.38 bits per heavy atom. The Bertz CT molecular complexity index is 758. The zero-order valence-corrected chi connectivity index (χ0v) is 14.5. The molecule has 0 aromatic carbocycles. The van der Waals surface area contributed by atoms with E-state index in [0.29, 0.717) is 4.88 Å². The quantitative estimate of drug-likeness (QED) is 0.483. The lowest BCUT2D eigenvalue weighted by Crippen LogP contribution is -1.96. The van der Waals surface area contributed by atoms with E-state index in [-0.39, 0.29) is 5.97 Å². The van der Waals surface area contributed by atoms with Crippen LogP contribution in [0.25, 0.3) is 21.1 Å². The molecular formula is C14H11NO2S4. The van der Waals surface area contributed by atoms with Gasteiger partial charge in [0.1, 0.15) is 9.88 Å². The summed E-state index contributed by atoms with van der Waals surface area (Å²) in [6.07, 6.45) is 2.00. The first-order chi connectivity index (χ1) is 10.2. The van der Waals surface area contributed by atoms with E-state index in [9.17, 15) is 4.79 Å². The molecule has 0 fully saturated rings. The first-order valence-corrected chi connectivity index (χ1v) is 9.79. The van der Waals surface area contributed by atoms with Gasteiger partial charge in [-0.3, -0.25) is 0 Å². The van der Waals surface area contributed by atoms with E-state index in [1.54, 1.807) is 34.4 Å². The van der Waals surface area contributed by atoms with Crippen LogP contribution in [0.15, 0.2) is 33.2 Å². The smallest absolute Gasteiger partial charge is 0.348 e. The van der Waals surface area contributed by atoms with Crippen molar-refractivity contribution in [1.82, 2.24) is 4.98 Å². The predicted octanol–water partition coefficient (Wildman–Crippen LogP) is 5.11. The van der Waals surface area contributed by atoms with Crippen molar-refractivity contribution in [2.24, 2.45) is 0 Å². The molecule has 0 N–H and O–H groups in total. The minimum Gasteiger partial charge on any atom is -0.465 e. The van der Waals surface area contributed by atoms with Crippen LogP contribution in [0.5, 0.6) is 0 Å². The van der Waals surface area contributed by atoms with Crippen molar-refractivity contribution >= 4 is 51.7 Å². The van der Waals surface area contributed by atoms with Crippen LogP contribution in [0, 0.1) is 0 Å².